The average molecular weight is 239 g/mol. The van der Waals surface area contributed by atoms with E-state index in [9.17, 15) is 4.79 Å². The summed E-state index contributed by atoms with van der Waals surface area (Å²) in [6, 6.07) is 0.482. The van der Waals surface area contributed by atoms with Crippen molar-refractivity contribution >= 4 is 5.91 Å². The molecule has 98 valence electrons. The second-order valence-electron chi connectivity index (χ2n) is 5.38. The predicted molar refractivity (Wildman–Crippen MR) is 68.9 cm³/mol. The molecule has 2 fully saturated rings. The van der Waals surface area contributed by atoms with Crippen molar-refractivity contribution in [1.29, 1.82) is 0 Å². The molecule has 1 aliphatic heterocycles. The predicted octanol–water partition coefficient (Wildman–Crippen LogP) is 0.634. The van der Waals surface area contributed by atoms with Gasteiger partial charge in [0.05, 0.1) is 6.54 Å². The van der Waals surface area contributed by atoms with E-state index in [0.717, 1.165) is 32.0 Å². The van der Waals surface area contributed by atoms with Crippen molar-refractivity contribution in [2.75, 3.05) is 26.2 Å². The quantitative estimate of drug-likeness (QED) is 0.660. The molecule has 2 rings (SSSR count). The Morgan fingerprint density at radius 3 is 2.71 bits per heavy atom. The van der Waals surface area contributed by atoms with Crippen LogP contribution in [-0.4, -0.2) is 38.1 Å². The van der Waals surface area contributed by atoms with Crippen LogP contribution in [0.5, 0.6) is 0 Å². The normalized spacial score (nSPS) is 26.0. The van der Waals surface area contributed by atoms with Gasteiger partial charge < -0.3 is 16.0 Å². The molecule has 0 aromatic rings. The molecule has 1 amide bonds. The van der Waals surface area contributed by atoms with Crippen LogP contribution in [-0.2, 0) is 4.79 Å². The zero-order valence-corrected chi connectivity index (χ0v) is 10.6. The lowest BCUT2D eigenvalue weighted by Gasteiger charge is -2.22. The van der Waals surface area contributed by atoms with Crippen molar-refractivity contribution in [3.05, 3.63) is 0 Å². The molecule has 0 aromatic heterocycles. The van der Waals surface area contributed by atoms with Gasteiger partial charge in [0.15, 0.2) is 0 Å². The Hall–Kier alpha value is -0.610. The molecule has 0 spiro atoms. The zero-order chi connectivity index (χ0) is 11.9. The molecule has 1 atom stereocenters. The molecule has 0 bridgehead atoms. The van der Waals surface area contributed by atoms with E-state index < -0.39 is 0 Å². The minimum atomic E-state index is 0.155. The number of carbonyl (C=O) groups excluding carboxylic acids is 1. The molecule has 1 heterocycles. The maximum atomic E-state index is 11.6. The Bertz CT molecular complexity index is 233. The smallest absolute Gasteiger partial charge is 0.233 e. The van der Waals surface area contributed by atoms with Crippen LogP contribution in [0, 0.1) is 5.92 Å². The van der Waals surface area contributed by atoms with Crippen LogP contribution >= 0.6 is 0 Å². The first-order valence-corrected chi connectivity index (χ1v) is 7.05. The van der Waals surface area contributed by atoms with Crippen molar-refractivity contribution in [3.63, 3.8) is 0 Å². The highest BCUT2D eigenvalue weighted by atomic mass is 16.1. The number of nitrogens with one attached hydrogen (secondary N) is 3. The monoisotopic (exact) mass is 239 g/mol. The molecular formula is C13H25N3O. The SMILES string of the molecule is O=C(CNC1CCNC1)NCC1CCCCC1. The summed E-state index contributed by atoms with van der Waals surface area (Å²) < 4.78 is 0. The fraction of sp³-hybridized carbons (Fsp3) is 0.923. The van der Waals surface area contributed by atoms with Gasteiger partial charge in [-0.3, -0.25) is 4.79 Å². The lowest BCUT2D eigenvalue weighted by Crippen LogP contribution is -2.41. The highest BCUT2D eigenvalue weighted by molar-refractivity contribution is 5.78. The molecule has 1 saturated heterocycles. The van der Waals surface area contributed by atoms with E-state index >= 15 is 0 Å². The second kappa shape index (κ2) is 6.97. The maximum absolute atomic E-state index is 11.6. The fourth-order valence-electron chi connectivity index (χ4n) is 2.78. The number of amides is 1. The summed E-state index contributed by atoms with van der Waals surface area (Å²) in [5.74, 6) is 0.878. The molecule has 2 aliphatic rings. The summed E-state index contributed by atoms with van der Waals surface area (Å²) in [7, 11) is 0. The molecule has 1 aliphatic carbocycles. The van der Waals surface area contributed by atoms with Gasteiger partial charge in [-0.05, 0) is 31.7 Å². The van der Waals surface area contributed by atoms with Crippen LogP contribution in [0.1, 0.15) is 38.5 Å². The summed E-state index contributed by atoms with van der Waals surface area (Å²) in [6.45, 7) is 3.42. The van der Waals surface area contributed by atoms with E-state index in [1.165, 1.54) is 32.1 Å². The van der Waals surface area contributed by atoms with Gasteiger partial charge in [0.1, 0.15) is 0 Å². The van der Waals surface area contributed by atoms with Crippen molar-refractivity contribution in [2.45, 2.75) is 44.6 Å². The maximum Gasteiger partial charge on any atom is 0.233 e. The van der Waals surface area contributed by atoms with Gasteiger partial charge in [0, 0.05) is 19.1 Å². The second-order valence-corrected chi connectivity index (χ2v) is 5.38. The van der Waals surface area contributed by atoms with Gasteiger partial charge in [-0.15, -0.1) is 0 Å². The molecule has 4 nitrogen and oxygen atoms in total. The molecule has 17 heavy (non-hydrogen) atoms. The standard InChI is InChI=1S/C13H25N3O/c17-13(10-15-12-6-7-14-9-12)16-8-11-4-2-1-3-5-11/h11-12,14-15H,1-10H2,(H,16,17). The lowest BCUT2D eigenvalue weighted by molar-refractivity contribution is -0.120. The Balaban J connectivity index is 1.53. The largest absolute Gasteiger partial charge is 0.355 e. The number of carbonyl (C=O) groups is 1. The van der Waals surface area contributed by atoms with E-state index in [1.54, 1.807) is 0 Å². The number of hydrogen-bond donors (Lipinski definition) is 3. The summed E-state index contributed by atoms with van der Waals surface area (Å²) >= 11 is 0. The van der Waals surface area contributed by atoms with Gasteiger partial charge in [-0.2, -0.15) is 0 Å². The van der Waals surface area contributed by atoms with Gasteiger partial charge in [0.25, 0.3) is 0 Å². The third-order valence-corrected chi connectivity index (χ3v) is 3.92. The van der Waals surface area contributed by atoms with E-state index in [0.29, 0.717) is 12.6 Å². The fourth-order valence-corrected chi connectivity index (χ4v) is 2.78. The molecule has 0 aromatic carbocycles. The molecule has 4 heteroatoms. The first kappa shape index (κ1) is 12.8. The third-order valence-electron chi connectivity index (χ3n) is 3.92. The minimum Gasteiger partial charge on any atom is -0.355 e. The van der Waals surface area contributed by atoms with E-state index in [-0.39, 0.29) is 5.91 Å². The number of rotatable bonds is 5. The third kappa shape index (κ3) is 4.64. The van der Waals surface area contributed by atoms with Gasteiger partial charge in [0.2, 0.25) is 5.91 Å². The minimum absolute atomic E-state index is 0.155. The zero-order valence-electron chi connectivity index (χ0n) is 10.6. The highest BCUT2D eigenvalue weighted by Gasteiger charge is 2.16. The summed E-state index contributed by atoms with van der Waals surface area (Å²) in [6.07, 6.45) is 7.77. The van der Waals surface area contributed by atoms with E-state index in [4.69, 9.17) is 0 Å². The van der Waals surface area contributed by atoms with Crippen molar-refractivity contribution in [3.8, 4) is 0 Å². The topological polar surface area (TPSA) is 53.2 Å². The van der Waals surface area contributed by atoms with Crippen molar-refractivity contribution < 1.29 is 4.79 Å². The molecule has 0 radical (unpaired) electrons. The number of hydrogen-bond acceptors (Lipinski definition) is 3. The van der Waals surface area contributed by atoms with Crippen molar-refractivity contribution in [2.24, 2.45) is 5.92 Å². The molecule has 3 N–H and O–H groups in total. The Morgan fingerprint density at radius 2 is 2.00 bits per heavy atom. The lowest BCUT2D eigenvalue weighted by atomic mass is 9.89. The van der Waals surface area contributed by atoms with Crippen LogP contribution in [0.25, 0.3) is 0 Å². The Labute approximate surface area is 104 Å². The van der Waals surface area contributed by atoms with Gasteiger partial charge >= 0.3 is 0 Å². The molecule has 1 saturated carbocycles. The van der Waals surface area contributed by atoms with Crippen LogP contribution in [0.2, 0.25) is 0 Å². The highest BCUT2D eigenvalue weighted by Crippen LogP contribution is 2.22. The van der Waals surface area contributed by atoms with Gasteiger partial charge in [-0.25, -0.2) is 0 Å². The summed E-state index contributed by atoms with van der Waals surface area (Å²) in [4.78, 5) is 11.6. The van der Waals surface area contributed by atoms with Crippen molar-refractivity contribution in [1.82, 2.24) is 16.0 Å². The Morgan fingerprint density at radius 1 is 1.18 bits per heavy atom. The average Bonchev–Trinajstić information content (AvgIpc) is 2.88. The molecule has 1 unspecified atom stereocenters. The van der Waals surface area contributed by atoms with Crippen LogP contribution < -0.4 is 16.0 Å². The van der Waals surface area contributed by atoms with Crippen LogP contribution in [0.4, 0.5) is 0 Å². The van der Waals surface area contributed by atoms with Crippen LogP contribution in [0.15, 0.2) is 0 Å². The first-order chi connectivity index (χ1) is 8.34. The van der Waals surface area contributed by atoms with E-state index in [2.05, 4.69) is 16.0 Å². The Kier molecular flexibility index (Phi) is 5.26. The summed E-state index contributed by atoms with van der Waals surface area (Å²) in [5.41, 5.74) is 0. The molecular weight excluding hydrogens is 214 g/mol. The van der Waals surface area contributed by atoms with Gasteiger partial charge in [-0.1, -0.05) is 19.3 Å². The summed E-state index contributed by atoms with van der Waals surface area (Å²) in [5, 5.41) is 9.63. The first-order valence-electron chi connectivity index (χ1n) is 7.05. The van der Waals surface area contributed by atoms with Crippen LogP contribution in [0.3, 0.4) is 0 Å². The van der Waals surface area contributed by atoms with E-state index in [1.807, 2.05) is 0 Å².